The van der Waals surface area contributed by atoms with Crippen molar-refractivity contribution in [1.82, 2.24) is 10.6 Å². The second-order valence-corrected chi connectivity index (χ2v) is 8.40. The Balaban J connectivity index is 0.00000118. The standard InChI is InChI=1S/C19H21Cl2N3O3S.C2H4O2/c20-14-10-12(11-15(21)17(14)22)18(26)23-6-2-1-4-13(16-5-3-9-28-16)19(27)24-7-8-25;1-2(3)4/h3,5,8-11,13H,1-2,4,6-7,22H2,(H,23,26)(H,24,27);1H3,(H,3,4). The van der Waals surface area contributed by atoms with Crippen LogP contribution in [0.3, 0.4) is 0 Å². The first-order valence-electron chi connectivity index (χ1n) is 9.64. The van der Waals surface area contributed by atoms with E-state index < -0.39 is 5.97 Å². The van der Waals surface area contributed by atoms with Crippen LogP contribution in [-0.2, 0) is 14.4 Å². The van der Waals surface area contributed by atoms with Gasteiger partial charge in [-0.15, -0.1) is 11.3 Å². The summed E-state index contributed by atoms with van der Waals surface area (Å²) in [5.74, 6) is -1.59. The fraction of sp³-hybridized carbons (Fsp3) is 0.333. The maximum Gasteiger partial charge on any atom is 0.300 e. The Morgan fingerprint density at radius 1 is 1.19 bits per heavy atom. The van der Waals surface area contributed by atoms with Crippen molar-refractivity contribution in [3.63, 3.8) is 0 Å². The largest absolute Gasteiger partial charge is 0.481 e. The first-order chi connectivity index (χ1) is 15.2. The summed E-state index contributed by atoms with van der Waals surface area (Å²) >= 11 is 13.4. The SMILES string of the molecule is CC(=O)O.Nc1c(Cl)cc(C(=O)NCCCCC(C(=O)NCC=O)c2cccs2)cc1Cl. The predicted octanol–water partition coefficient (Wildman–Crippen LogP) is 3.73. The van der Waals surface area contributed by atoms with Gasteiger partial charge in [-0.05, 0) is 36.4 Å². The van der Waals surface area contributed by atoms with Crippen molar-refractivity contribution in [2.75, 3.05) is 18.8 Å². The lowest BCUT2D eigenvalue weighted by Crippen LogP contribution is -2.30. The molecule has 1 unspecified atom stereocenters. The van der Waals surface area contributed by atoms with Crippen LogP contribution >= 0.6 is 34.5 Å². The molecule has 0 spiro atoms. The molecule has 174 valence electrons. The number of unbranched alkanes of at least 4 members (excludes halogenated alkanes) is 1. The number of hydrogen-bond donors (Lipinski definition) is 4. The van der Waals surface area contributed by atoms with Gasteiger partial charge in [-0.2, -0.15) is 0 Å². The smallest absolute Gasteiger partial charge is 0.300 e. The Labute approximate surface area is 200 Å². The number of thiophene rings is 1. The van der Waals surface area contributed by atoms with Gasteiger partial charge in [0.1, 0.15) is 6.29 Å². The van der Waals surface area contributed by atoms with Crippen LogP contribution in [0.2, 0.25) is 10.0 Å². The van der Waals surface area contributed by atoms with Crippen molar-refractivity contribution in [2.24, 2.45) is 0 Å². The van der Waals surface area contributed by atoms with E-state index in [0.717, 1.165) is 18.2 Å². The van der Waals surface area contributed by atoms with E-state index in [-0.39, 0.29) is 40.0 Å². The minimum Gasteiger partial charge on any atom is -0.481 e. The Morgan fingerprint density at radius 3 is 2.34 bits per heavy atom. The molecule has 1 aromatic heterocycles. The van der Waals surface area contributed by atoms with E-state index in [1.807, 2.05) is 17.5 Å². The molecule has 0 saturated heterocycles. The summed E-state index contributed by atoms with van der Waals surface area (Å²) in [5, 5.41) is 15.2. The van der Waals surface area contributed by atoms with Crippen LogP contribution in [0.15, 0.2) is 29.6 Å². The van der Waals surface area contributed by atoms with Crippen molar-refractivity contribution in [3.8, 4) is 0 Å². The van der Waals surface area contributed by atoms with E-state index in [9.17, 15) is 14.4 Å². The highest BCUT2D eigenvalue weighted by molar-refractivity contribution is 7.10. The number of nitrogen functional groups attached to an aromatic ring is 1. The molecule has 2 amide bonds. The van der Waals surface area contributed by atoms with Crippen LogP contribution in [0.5, 0.6) is 0 Å². The fourth-order valence-electron chi connectivity index (χ4n) is 2.65. The van der Waals surface area contributed by atoms with E-state index in [4.69, 9.17) is 38.8 Å². The molecule has 2 rings (SSSR count). The van der Waals surface area contributed by atoms with Crippen molar-refractivity contribution < 1.29 is 24.3 Å². The number of carbonyl (C=O) groups is 4. The zero-order valence-electron chi connectivity index (χ0n) is 17.4. The molecule has 1 aromatic carbocycles. The number of hydrogen-bond acceptors (Lipinski definition) is 6. The zero-order chi connectivity index (χ0) is 24.1. The molecule has 0 bridgehead atoms. The highest BCUT2D eigenvalue weighted by Crippen LogP contribution is 2.29. The van der Waals surface area contributed by atoms with Gasteiger partial charge in [-0.25, -0.2) is 0 Å². The Bertz CT molecular complexity index is 895. The third-order valence-electron chi connectivity index (χ3n) is 4.11. The number of halogens is 2. The van der Waals surface area contributed by atoms with E-state index in [1.54, 1.807) is 0 Å². The van der Waals surface area contributed by atoms with E-state index in [0.29, 0.717) is 31.2 Å². The normalized spacial score (nSPS) is 11.0. The molecule has 5 N–H and O–H groups in total. The molecule has 1 atom stereocenters. The van der Waals surface area contributed by atoms with E-state index in [2.05, 4.69) is 10.6 Å². The van der Waals surface area contributed by atoms with Gasteiger partial charge >= 0.3 is 0 Å². The highest BCUT2D eigenvalue weighted by atomic mass is 35.5. The van der Waals surface area contributed by atoms with Crippen LogP contribution in [0, 0.1) is 0 Å². The molecule has 0 radical (unpaired) electrons. The maximum atomic E-state index is 12.3. The first kappa shape index (κ1) is 27.4. The molecule has 0 aliphatic carbocycles. The predicted molar refractivity (Wildman–Crippen MR) is 127 cm³/mol. The summed E-state index contributed by atoms with van der Waals surface area (Å²) < 4.78 is 0. The monoisotopic (exact) mass is 501 g/mol. The maximum absolute atomic E-state index is 12.3. The molecule has 0 saturated carbocycles. The van der Waals surface area contributed by atoms with E-state index >= 15 is 0 Å². The van der Waals surface area contributed by atoms with Gasteiger partial charge in [-0.1, -0.05) is 35.7 Å². The summed E-state index contributed by atoms with van der Waals surface area (Å²) in [6.45, 7) is 1.54. The number of aldehydes is 1. The van der Waals surface area contributed by atoms with E-state index in [1.165, 1.54) is 23.5 Å². The quantitative estimate of drug-likeness (QED) is 0.222. The Morgan fingerprint density at radius 2 is 1.81 bits per heavy atom. The van der Waals surface area contributed by atoms with Gasteiger partial charge in [-0.3, -0.25) is 14.4 Å². The van der Waals surface area contributed by atoms with Gasteiger partial charge < -0.3 is 26.3 Å². The molecular weight excluding hydrogens is 477 g/mol. The number of anilines is 1. The van der Waals surface area contributed by atoms with Gasteiger partial charge in [0.05, 0.1) is 28.2 Å². The average molecular weight is 502 g/mol. The third kappa shape index (κ3) is 9.67. The molecule has 32 heavy (non-hydrogen) atoms. The lowest BCUT2D eigenvalue weighted by atomic mass is 9.99. The number of amides is 2. The van der Waals surface area contributed by atoms with Crippen LogP contribution in [0.25, 0.3) is 0 Å². The lowest BCUT2D eigenvalue weighted by Gasteiger charge is -2.15. The number of carboxylic acids is 1. The van der Waals surface area contributed by atoms with Gasteiger partial charge in [0, 0.05) is 23.9 Å². The van der Waals surface area contributed by atoms with Gasteiger partial charge in [0.25, 0.3) is 11.9 Å². The number of benzene rings is 1. The minimum absolute atomic E-state index is 0.00345. The third-order valence-corrected chi connectivity index (χ3v) is 5.72. The number of rotatable bonds is 10. The van der Waals surface area contributed by atoms with Crippen molar-refractivity contribution in [3.05, 3.63) is 50.1 Å². The summed E-state index contributed by atoms with van der Waals surface area (Å²) in [5.41, 5.74) is 6.25. The van der Waals surface area contributed by atoms with Crippen LogP contribution in [0.1, 0.15) is 47.3 Å². The molecule has 8 nitrogen and oxygen atoms in total. The summed E-state index contributed by atoms with van der Waals surface area (Å²) in [6.07, 6.45) is 2.72. The van der Waals surface area contributed by atoms with Crippen molar-refractivity contribution in [1.29, 1.82) is 0 Å². The molecular formula is C21H25Cl2N3O5S. The molecule has 0 aliphatic heterocycles. The first-order valence-corrected chi connectivity index (χ1v) is 11.3. The number of aliphatic carboxylic acids is 1. The second kappa shape index (κ2) is 14.4. The second-order valence-electron chi connectivity index (χ2n) is 6.60. The van der Waals surface area contributed by atoms with Crippen molar-refractivity contribution in [2.45, 2.75) is 32.1 Å². The van der Waals surface area contributed by atoms with Crippen LogP contribution < -0.4 is 16.4 Å². The molecule has 0 fully saturated rings. The Kier molecular flexibility index (Phi) is 12.4. The van der Waals surface area contributed by atoms with Crippen molar-refractivity contribution >= 4 is 64.3 Å². The molecule has 11 heteroatoms. The number of nitrogens with one attached hydrogen (secondary N) is 2. The zero-order valence-corrected chi connectivity index (χ0v) is 19.7. The number of carbonyl (C=O) groups excluding carboxylic acids is 3. The fourth-order valence-corrected chi connectivity index (χ4v) is 4.00. The number of nitrogens with two attached hydrogens (primary N) is 1. The molecule has 0 aliphatic rings. The Hall–Kier alpha value is -2.62. The van der Waals surface area contributed by atoms with Crippen LogP contribution in [-0.4, -0.2) is 42.3 Å². The topological polar surface area (TPSA) is 139 Å². The average Bonchev–Trinajstić information content (AvgIpc) is 3.26. The summed E-state index contributed by atoms with van der Waals surface area (Å²) in [6, 6.07) is 6.75. The molecule has 2 aromatic rings. The molecule has 1 heterocycles. The number of carboxylic acid groups (broad SMARTS) is 1. The van der Waals surface area contributed by atoms with Crippen LogP contribution in [0.4, 0.5) is 5.69 Å². The summed E-state index contributed by atoms with van der Waals surface area (Å²) in [7, 11) is 0. The minimum atomic E-state index is -0.833. The van der Waals surface area contributed by atoms with Gasteiger partial charge in [0.2, 0.25) is 5.91 Å². The highest BCUT2D eigenvalue weighted by Gasteiger charge is 2.20. The van der Waals surface area contributed by atoms with Gasteiger partial charge in [0.15, 0.2) is 0 Å². The summed E-state index contributed by atoms with van der Waals surface area (Å²) in [4.78, 5) is 44.9. The lowest BCUT2D eigenvalue weighted by molar-refractivity contribution is -0.134.